The summed E-state index contributed by atoms with van der Waals surface area (Å²) >= 11 is 0. The Morgan fingerprint density at radius 1 is 1.19 bits per heavy atom. The normalized spacial score (nSPS) is 23.8. The van der Waals surface area contributed by atoms with Gasteiger partial charge < -0.3 is 14.2 Å². The smallest absolute Gasteiger partial charge is 0.163 e. The molecular weight excluding hydrogens is 204 g/mol. The van der Waals surface area contributed by atoms with Gasteiger partial charge in [0, 0.05) is 6.61 Å². The van der Waals surface area contributed by atoms with Crippen molar-refractivity contribution < 1.29 is 14.2 Å². The van der Waals surface area contributed by atoms with Crippen molar-refractivity contribution in [1.82, 2.24) is 0 Å². The summed E-state index contributed by atoms with van der Waals surface area (Å²) in [6.45, 7) is 8.29. The van der Waals surface area contributed by atoms with E-state index in [-0.39, 0.29) is 6.10 Å². The lowest BCUT2D eigenvalue weighted by Gasteiger charge is -2.17. The van der Waals surface area contributed by atoms with Crippen LogP contribution in [0.4, 0.5) is 0 Å². The molecule has 0 aromatic heterocycles. The van der Waals surface area contributed by atoms with Gasteiger partial charge in [0.25, 0.3) is 0 Å². The SMILES string of the molecule is CCCCCCCOCC1COC(C)(C)O1. The van der Waals surface area contributed by atoms with Gasteiger partial charge in [-0.1, -0.05) is 32.6 Å². The molecule has 1 fully saturated rings. The molecule has 1 heterocycles. The summed E-state index contributed by atoms with van der Waals surface area (Å²) in [6.07, 6.45) is 6.52. The van der Waals surface area contributed by atoms with E-state index in [4.69, 9.17) is 14.2 Å². The Hall–Kier alpha value is -0.120. The fourth-order valence-electron chi connectivity index (χ4n) is 1.87. The fraction of sp³-hybridized carbons (Fsp3) is 1.00. The monoisotopic (exact) mass is 230 g/mol. The second-order valence-corrected chi connectivity index (χ2v) is 4.94. The quantitative estimate of drug-likeness (QED) is 0.600. The van der Waals surface area contributed by atoms with Gasteiger partial charge >= 0.3 is 0 Å². The van der Waals surface area contributed by atoms with Crippen molar-refractivity contribution in [1.29, 1.82) is 0 Å². The first-order valence-corrected chi connectivity index (χ1v) is 6.53. The Morgan fingerprint density at radius 3 is 2.56 bits per heavy atom. The third-order valence-electron chi connectivity index (χ3n) is 2.76. The van der Waals surface area contributed by atoms with E-state index in [0.29, 0.717) is 13.2 Å². The average molecular weight is 230 g/mol. The van der Waals surface area contributed by atoms with Crippen LogP contribution in [0, 0.1) is 0 Å². The summed E-state index contributed by atoms with van der Waals surface area (Å²) in [4.78, 5) is 0. The molecule has 0 aromatic carbocycles. The summed E-state index contributed by atoms with van der Waals surface area (Å²) in [5, 5.41) is 0. The standard InChI is InChI=1S/C13H26O3/c1-4-5-6-7-8-9-14-10-12-11-15-13(2,3)16-12/h12H,4-11H2,1-3H3. The molecule has 0 spiro atoms. The number of unbranched alkanes of at least 4 members (excludes halogenated alkanes) is 4. The molecule has 16 heavy (non-hydrogen) atoms. The van der Waals surface area contributed by atoms with Crippen molar-refractivity contribution in [2.45, 2.75) is 64.8 Å². The highest BCUT2D eigenvalue weighted by molar-refractivity contribution is 4.70. The molecule has 1 aliphatic rings. The summed E-state index contributed by atoms with van der Waals surface area (Å²) in [6, 6.07) is 0. The molecule has 1 saturated heterocycles. The molecule has 0 aromatic rings. The zero-order valence-electron chi connectivity index (χ0n) is 11.0. The van der Waals surface area contributed by atoms with Crippen LogP contribution in [0.2, 0.25) is 0 Å². The Morgan fingerprint density at radius 2 is 1.94 bits per heavy atom. The number of hydrogen-bond donors (Lipinski definition) is 0. The van der Waals surface area contributed by atoms with Gasteiger partial charge in [-0.25, -0.2) is 0 Å². The zero-order chi connectivity index (χ0) is 11.9. The first-order valence-electron chi connectivity index (χ1n) is 6.53. The van der Waals surface area contributed by atoms with Crippen LogP contribution >= 0.6 is 0 Å². The summed E-state index contributed by atoms with van der Waals surface area (Å²) < 4.78 is 16.7. The topological polar surface area (TPSA) is 27.7 Å². The Kier molecular flexibility index (Phi) is 6.32. The molecule has 0 amide bonds. The van der Waals surface area contributed by atoms with E-state index < -0.39 is 5.79 Å². The highest BCUT2D eigenvalue weighted by Crippen LogP contribution is 2.22. The molecule has 96 valence electrons. The van der Waals surface area contributed by atoms with Gasteiger partial charge in [-0.05, 0) is 20.3 Å². The maximum absolute atomic E-state index is 5.65. The summed E-state index contributed by atoms with van der Waals surface area (Å²) in [5.41, 5.74) is 0. The third-order valence-corrected chi connectivity index (χ3v) is 2.76. The maximum atomic E-state index is 5.65. The van der Waals surface area contributed by atoms with Crippen molar-refractivity contribution >= 4 is 0 Å². The van der Waals surface area contributed by atoms with Gasteiger partial charge in [0.15, 0.2) is 5.79 Å². The zero-order valence-corrected chi connectivity index (χ0v) is 11.0. The molecule has 0 bridgehead atoms. The van der Waals surface area contributed by atoms with E-state index in [1.165, 1.54) is 25.7 Å². The Labute approximate surface area is 99.5 Å². The second kappa shape index (κ2) is 7.25. The molecule has 0 aliphatic carbocycles. The molecule has 0 saturated carbocycles. The third kappa shape index (κ3) is 5.83. The minimum absolute atomic E-state index is 0.116. The molecule has 1 unspecified atom stereocenters. The molecule has 1 aliphatic heterocycles. The van der Waals surface area contributed by atoms with E-state index >= 15 is 0 Å². The van der Waals surface area contributed by atoms with E-state index in [1.807, 2.05) is 13.8 Å². The van der Waals surface area contributed by atoms with Gasteiger partial charge in [-0.15, -0.1) is 0 Å². The van der Waals surface area contributed by atoms with Crippen LogP contribution in [0.15, 0.2) is 0 Å². The first kappa shape index (κ1) is 13.9. The number of hydrogen-bond acceptors (Lipinski definition) is 3. The van der Waals surface area contributed by atoms with Crippen molar-refractivity contribution in [3.8, 4) is 0 Å². The molecule has 1 rings (SSSR count). The number of rotatable bonds is 8. The Balaban J connectivity index is 1.88. The molecular formula is C13H26O3. The predicted octanol–water partition coefficient (Wildman–Crippen LogP) is 3.12. The molecule has 1 atom stereocenters. The van der Waals surface area contributed by atoms with Gasteiger partial charge in [-0.3, -0.25) is 0 Å². The van der Waals surface area contributed by atoms with Gasteiger partial charge in [-0.2, -0.15) is 0 Å². The molecule has 3 nitrogen and oxygen atoms in total. The molecule has 0 N–H and O–H groups in total. The molecule has 3 heteroatoms. The van der Waals surface area contributed by atoms with Crippen LogP contribution in [0.1, 0.15) is 52.9 Å². The fourth-order valence-corrected chi connectivity index (χ4v) is 1.87. The second-order valence-electron chi connectivity index (χ2n) is 4.94. The van der Waals surface area contributed by atoms with Crippen LogP contribution in [-0.4, -0.2) is 31.7 Å². The van der Waals surface area contributed by atoms with E-state index in [1.54, 1.807) is 0 Å². The predicted molar refractivity (Wildman–Crippen MR) is 64.5 cm³/mol. The van der Waals surface area contributed by atoms with Gasteiger partial charge in [0.2, 0.25) is 0 Å². The maximum Gasteiger partial charge on any atom is 0.163 e. The van der Waals surface area contributed by atoms with E-state index in [9.17, 15) is 0 Å². The van der Waals surface area contributed by atoms with Crippen molar-refractivity contribution in [3.05, 3.63) is 0 Å². The molecule has 0 radical (unpaired) electrons. The lowest BCUT2D eigenvalue weighted by Crippen LogP contribution is -2.24. The average Bonchev–Trinajstić information content (AvgIpc) is 2.57. The van der Waals surface area contributed by atoms with Gasteiger partial charge in [0.1, 0.15) is 6.10 Å². The van der Waals surface area contributed by atoms with Crippen LogP contribution in [0.5, 0.6) is 0 Å². The van der Waals surface area contributed by atoms with E-state index in [2.05, 4.69) is 6.92 Å². The number of ether oxygens (including phenoxy) is 3. The van der Waals surface area contributed by atoms with E-state index in [0.717, 1.165) is 13.0 Å². The highest BCUT2D eigenvalue weighted by atomic mass is 16.7. The first-order chi connectivity index (χ1) is 7.64. The van der Waals surface area contributed by atoms with Crippen LogP contribution < -0.4 is 0 Å². The largest absolute Gasteiger partial charge is 0.379 e. The minimum Gasteiger partial charge on any atom is -0.379 e. The van der Waals surface area contributed by atoms with Crippen molar-refractivity contribution in [3.63, 3.8) is 0 Å². The van der Waals surface area contributed by atoms with Crippen molar-refractivity contribution in [2.24, 2.45) is 0 Å². The summed E-state index contributed by atoms with van der Waals surface area (Å²) in [7, 11) is 0. The minimum atomic E-state index is -0.421. The van der Waals surface area contributed by atoms with Crippen LogP contribution in [0.3, 0.4) is 0 Å². The van der Waals surface area contributed by atoms with Crippen molar-refractivity contribution in [2.75, 3.05) is 19.8 Å². The lowest BCUT2D eigenvalue weighted by molar-refractivity contribution is -0.145. The Bertz CT molecular complexity index is 180. The van der Waals surface area contributed by atoms with Gasteiger partial charge in [0.05, 0.1) is 13.2 Å². The lowest BCUT2D eigenvalue weighted by atomic mass is 10.2. The van der Waals surface area contributed by atoms with Crippen LogP contribution in [0.25, 0.3) is 0 Å². The van der Waals surface area contributed by atoms with Crippen LogP contribution in [-0.2, 0) is 14.2 Å². The summed E-state index contributed by atoms with van der Waals surface area (Å²) in [5.74, 6) is -0.421. The highest BCUT2D eigenvalue weighted by Gasteiger charge is 2.32.